The van der Waals surface area contributed by atoms with Crippen molar-refractivity contribution in [1.82, 2.24) is 20.0 Å². The molecule has 2 heterocycles. The predicted molar refractivity (Wildman–Crippen MR) is 65.1 cm³/mol. The first-order valence-electron chi connectivity index (χ1n) is 5.77. The third-order valence-electron chi connectivity index (χ3n) is 2.68. The Morgan fingerprint density at radius 2 is 2.33 bits per heavy atom. The third-order valence-corrected chi connectivity index (χ3v) is 2.68. The predicted octanol–water partition coefficient (Wildman–Crippen LogP) is 1.31. The van der Waals surface area contributed by atoms with Crippen LogP contribution >= 0.6 is 0 Å². The molecule has 0 aliphatic heterocycles. The van der Waals surface area contributed by atoms with Gasteiger partial charge in [-0.25, -0.2) is 4.98 Å². The number of nitrogens with one attached hydrogen (secondary N) is 1. The van der Waals surface area contributed by atoms with Gasteiger partial charge in [0.1, 0.15) is 11.3 Å². The van der Waals surface area contributed by atoms with Crippen LogP contribution in [0.3, 0.4) is 0 Å². The minimum atomic E-state index is -0.154. The van der Waals surface area contributed by atoms with Crippen molar-refractivity contribution < 1.29 is 9.32 Å². The number of imidazole rings is 1. The number of rotatable bonds is 4. The molecule has 1 atom stereocenters. The number of aromatic nitrogens is 3. The Labute approximate surface area is 105 Å². The second-order valence-electron chi connectivity index (χ2n) is 4.33. The highest BCUT2D eigenvalue weighted by Crippen LogP contribution is 2.12. The first kappa shape index (κ1) is 12.3. The summed E-state index contributed by atoms with van der Waals surface area (Å²) >= 11 is 0. The van der Waals surface area contributed by atoms with Crippen LogP contribution in [-0.2, 0) is 6.54 Å². The number of amides is 1. The molecular weight excluding hydrogens is 232 g/mol. The summed E-state index contributed by atoms with van der Waals surface area (Å²) in [6.45, 7) is 6.10. The van der Waals surface area contributed by atoms with Crippen molar-refractivity contribution in [2.45, 2.75) is 33.4 Å². The van der Waals surface area contributed by atoms with E-state index in [2.05, 4.69) is 15.5 Å². The van der Waals surface area contributed by atoms with Crippen LogP contribution < -0.4 is 5.32 Å². The highest BCUT2D eigenvalue weighted by molar-refractivity contribution is 5.96. The van der Waals surface area contributed by atoms with Gasteiger partial charge in [0.25, 0.3) is 5.91 Å². The number of nitrogens with zero attached hydrogens (tertiary/aromatic N) is 3. The van der Waals surface area contributed by atoms with Gasteiger partial charge in [0.15, 0.2) is 0 Å². The normalized spacial score (nSPS) is 12.4. The minimum Gasteiger partial charge on any atom is -0.361 e. The standard InChI is InChI=1S/C12H16N4O2/c1-8(6-16-5-4-13-7-16)14-12(17)11-9(2)15-18-10(11)3/h4-5,7-8H,6H2,1-3H3,(H,14,17)/t8-/m1/s1. The topological polar surface area (TPSA) is 73.0 Å². The van der Waals surface area contributed by atoms with Crippen LogP contribution in [0.1, 0.15) is 28.7 Å². The molecule has 0 saturated heterocycles. The van der Waals surface area contributed by atoms with Gasteiger partial charge < -0.3 is 14.4 Å². The number of hydrogen-bond acceptors (Lipinski definition) is 4. The van der Waals surface area contributed by atoms with Crippen molar-refractivity contribution in [3.8, 4) is 0 Å². The summed E-state index contributed by atoms with van der Waals surface area (Å²) in [4.78, 5) is 16.0. The Morgan fingerprint density at radius 3 is 2.89 bits per heavy atom. The molecule has 6 nitrogen and oxygen atoms in total. The number of carbonyl (C=O) groups excluding carboxylic acids is 1. The first-order valence-corrected chi connectivity index (χ1v) is 5.77. The van der Waals surface area contributed by atoms with Crippen molar-refractivity contribution >= 4 is 5.91 Å². The smallest absolute Gasteiger partial charge is 0.257 e. The molecule has 0 radical (unpaired) electrons. The van der Waals surface area contributed by atoms with E-state index in [1.807, 2.05) is 17.7 Å². The maximum atomic E-state index is 12.1. The maximum Gasteiger partial charge on any atom is 0.257 e. The van der Waals surface area contributed by atoms with Gasteiger partial charge in [0, 0.05) is 25.0 Å². The monoisotopic (exact) mass is 248 g/mol. The number of carbonyl (C=O) groups is 1. The lowest BCUT2D eigenvalue weighted by Gasteiger charge is -2.14. The summed E-state index contributed by atoms with van der Waals surface area (Å²) in [6.07, 6.45) is 5.29. The Bertz CT molecular complexity index is 511. The fourth-order valence-electron chi connectivity index (χ4n) is 1.86. The van der Waals surface area contributed by atoms with Crippen molar-refractivity contribution in [3.63, 3.8) is 0 Å². The largest absolute Gasteiger partial charge is 0.361 e. The second-order valence-corrected chi connectivity index (χ2v) is 4.33. The van der Waals surface area contributed by atoms with Crippen LogP contribution in [0.5, 0.6) is 0 Å². The molecule has 2 rings (SSSR count). The van der Waals surface area contributed by atoms with E-state index in [0.29, 0.717) is 23.6 Å². The lowest BCUT2D eigenvalue weighted by atomic mass is 10.2. The molecule has 96 valence electrons. The van der Waals surface area contributed by atoms with Gasteiger partial charge in [0.2, 0.25) is 0 Å². The van der Waals surface area contributed by atoms with Crippen LogP contribution in [0, 0.1) is 13.8 Å². The van der Waals surface area contributed by atoms with E-state index in [0.717, 1.165) is 0 Å². The summed E-state index contributed by atoms with van der Waals surface area (Å²) in [7, 11) is 0. The SMILES string of the molecule is Cc1noc(C)c1C(=O)N[C@H](C)Cn1ccnc1. The van der Waals surface area contributed by atoms with Gasteiger partial charge in [-0.2, -0.15) is 0 Å². The second kappa shape index (κ2) is 5.03. The molecule has 0 aliphatic carbocycles. The number of aryl methyl sites for hydroxylation is 2. The third kappa shape index (κ3) is 2.58. The Hall–Kier alpha value is -2.11. The Morgan fingerprint density at radius 1 is 1.56 bits per heavy atom. The van der Waals surface area contributed by atoms with Gasteiger partial charge in [-0.3, -0.25) is 4.79 Å². The molecule has 0 bridgehead atoms. The lowest BCUT2D eigenvalue weighted by molar-refractivity contribution is 0.0934. The fraction of sp³-hybridized carbons (Fsp3) is 0.417. The molecule has 1 amide bonds. The van der Waals surface area contributed by atoms with Crippen LogP contribution in [-0.4, -0.2) is 26.7 Å². The van der Waals surface area contributed by atoms with Crippen molar-refractivity contribution in [1.29, 1.82) is 0 Å². The Kier molecular flexibility index (Phi) is 3.45. The zero-order valence-electron chi connectivity index (χ0n) is 10.7. The van der Waals surface area contributed by atoms with Crippen LogP contribution in [0.4, 0.5) is 0 Å². The highest BCUT2D eigenvalue weighted by Gasteiger charge is 2.18. The molecule has 0 spiro atoms. The Balaban J connectivity index is 1.99. The van der Waals surface area contributed by atoms with Gasteiger partial charge >= 0.3 is 0 Å². The molecule has 1 N–H and O–H groups in total. The van der Waals surface area contributed by atoms with Gasteiger partial charge in [-0.05, 0) is 20.8 Å². The van der Waals surface area contributed by atoms with Crippen LogP contribution in [0.25, 0.3) is 0 Å². The summed E-state index contributed by atoms with van der Waals surface area (Å²) < 4.78 is 6.89. The molecular formula is C12H16N4O2. The van der Waals surface area contributed by atoms with Crippen molar-refractivity contribution in [2.75, 3.05) is 0 Å². The summed E-state index contributed by atoms with van der Waals surface area (Å²) in [6, 6.07) is 0.000370. The van der Waals surface area contributed by atoms with Crippen LogP contribution in [0.2, 0.25) is 0 Å². The average molecular weight is 248 g/mol. The maximum absolute atomic E-state index is 12.1. The van der Waals surface area contributed by atoms with E-state index in [-0.39, 0.29) is 11.9 Å². The fourth-order valence-corrected chi connectivity index (χ4v) is 1.86. The lowest BCUT2D eigenvalue weighted by Crippen LogP contribution is -2.35. The van der Waals surface area contributed by atoms with E-state index < -0.39 is 0 Å². The van der Waals surface area contributed by atoms with Crippen molar-refractivity contribution in [2.24, 2.45) is 0 Å². The molecule has 0 unspecified atom stereocenters. The highest BCUT2D eigenvalue weighted by atomic mass is 16.5. The van der Waals surface area contributed by atoms with E-state index in [1.54, 1.807) is 26.4 Å². The van der Waals surface area contributed by atoms with E-state index in [9.17, 15) is 4.79 Å². The van der Waals surface area contributed by atoms with Crippen LogP contribution in [0.15, 0.2) is 23.2 Å². The van der Waals surface area contributed by atoms with Gasteiger partial charge in [0.05, 0.1) is 12.0 Å². The first-order chi connectivity index (χ1) is 8.58. The molecule has 2 aromatic rings. The molecule has 0 saturated carbocycles. The van der Waals surface area contributed by atoms with E-state index >= 15 is 0 Å². The van der Waals surface area contributed by atoms with Gasteiger partial charge in [-0.15, -0.1) is 0 Å². The summed E-state index contributed by atoms with van der Waals surface area (Å²) in [5, 5.41) is 6.68. The summed E-state index contributed by atoms with van der Waals surface area (Å²) in [5.41, 5.74) is 1.13. The molecule has 6 heteroatoms. The quantitative estimate of drug-likeness (QED) is 0.885. The molecule has 2 aromatic heterocycles. The zero-order valence-corrected chi connectivity index (χ0v) is 10.7. The van der Waals surface area contributed by atoms with E-state index in [1.165, 1.54) is 0 Å². The summed E-state index contributed by atoms with van der Waals surface area (Å²) in [5.74, 6) is 0.388. The minimum absolute atomic E-state index is 0.000370. The zero-order chi connectivity index (χ0) is 13.1. The number of hydrogen-bond donors (Lipinski definition) is 1. The average Bonchev–Trinajstić information content (AvgIpc) is 2.89. The van der Waals surface area contributed by atoms with Gasteiger partial charge in [-0.1, -0.05) is 5.16 Å². The van der Waals surface area contributed by atoms with E-state index in [4.69, 9.17) is 4.52 Å². The molecule has 0 aromatic carbocycles. The molecule has 18 heavy (non-hydrogen) atoms. The molecule has 0 aliphatic rings. The molecule has 0 fully saturated rings. The van der Waals surface area contributed by atoms with Crippen molar-refractivity contribution in [3.05, 3.63) is 35.7 Å².